The smallest absolute Gasteiger partial charge is 0.246 e. The van der Waals surface area contributed by atoms with Crippen LogP contribution in [0.5, 0.6) is 0 Å². The number of hydrogen-bond donors (Lipinski definition) is 1. The number of aryl methyl sites for hydroxylation is 1. The second-order valence-corrected chi connectivity index (χ2v) is 4.27. The van der Waals surface area contributed by atoms with Crippen molar-refractivity contribution in [3.05, 3.63) is 41.8 Å². The van der Waals surface area contributed by atoms with Gasteiger partial charge in [-0.2, -0.15) is 4.98 Å². The summed E-state index contributed by atoms with van der Waals surface area (Å²) in [7, 11) is 0. The van der Waals surface area contributed by atoms with Crippen LogP contribution in [0.3, 0.4) is 0 Å². The summed E-state index contributed by atoms with van der Waals surface area (Å²) in [6, 6.07) is 3.80. The van der Waals surface area contributed by atoms with Gasteiger partial charge < -0.3 is 14.2 Å². The van der Waals surface area contributed by atoms with Gasteiger partial charge in [-0.15, -0.1) is 0 Å². The molecule has 0 radical (unpaired) electrons. The Labute approximate surface area is 109 Å². The van der Waals surface area contributed by atoms with Crippen molar-refractivity contribution in [2.24, 2.45) is 0 Å². The van der Waals surface area contributed by atoms with Gasteiger partial charge in [0.2, 0.25) is 5.89 Å². The molecule has 6 heteroatoms. The van der Waals surface area contributed by atoms with E-state index in [0.717, 1.165) is 23.0 Å². The molecule has 3 rings (SSSR count). The summed E-state index contributed by atoms with van der Waals surface area (Å²) in [5, 5.41) is 14.2. The molecule has 0 unspecified atom stereocenters. The molecule has 0 atom stereocenters. The third kappa shape index (κ3) is 2.10. The molecule has 0 amide bonds. The first-order chi connectivity index (χ1) is 9.31. The Morgan fingerprint density at radius 2 is 2.32 bits per heavy atom. The first kappa shape index (κ1) is 11.9. The van der Waals surface area contributed by atoms with E-state index >= 15 is 0 Å². The highest BCUT2D eigenvalue weighted by Gasteiger charge is 2.11. The van der Waals surface area contributed by atoms with Gasteiger partial charge >= 0.3 is 0 Å². The van der Waals surface area contributed by atoms with Crippen molar-refractivity contribution in [3.63, 3.8) is 0 Å². The molecule has 98 valence electrons. The number of nitrogens with zero attached hydrogens (tertiary/aromatic N) is 4. The summed E-state index contributed by atoms with van der Waals surface area (Å²) in [6.07, 6.45) is 4.34. The summed E-state index contributed by atoms with van der Waals surface area (Å²) < 4.78 is 7.09. The lowest BCUT2D eigenvalue weighted by Crippen LogP contribution is -1.99. The van der Waals surface area contributed by atoms with Gasteiger partial charge in [-0.05, 0) is 12.1 Å². The van der Waals surface area contributed by atoms with E-state index in [0.29, 0.717) is 18.3 Å². The Morgan fingerprint density at radius 3 is 3.05 bits per heavy atom. The summed E-state index contributed by atoms with van der Waals surface area (Å²) >= 11 is 0. The minimum Gasteiger partial charge on any atom is -0.392 e. The molecule has 0 saturated heterocycles. The van der Waals surface area contributed by atoms with E-state index in [1.54, 1.807) is 6.20 Å². The molecular weight excluding hydrogens is 244 g/mol. The minimum atomic E-state index is -0.0146. The second-order valence-electron chi connectivity index (χ2n) is 4.27. The zero-order chi connectivity index (χ0) is 13.2. The lowest BCUT2D eigenvalue weighted by Gasteiger charge is -1.99. The molecular formula is C13H14N4O2. The van der Waals surface area contributed by atoms with Crippen molar-refractivity contribution >= 4 is 11.0 Å². The van der Waals surface area contributed by atoms with Crippen LogP contribution in [0.4, 0.5) is 0 Å². The first-order valence-corrected chi connectivity index (χ1v) is 6.17. The minimum absolute atomic E-state index is 0.0146. The quantitative estimate of drug-likeness (QED) is 0.767. The average Bonchev–Trinajstić information content (AvgIpc) is 3.04. The Hall–Kier alpha value is -2.21. The number of rotatable bonds is 4. The molecule has 0 aliphatic carbocycles. The van der Waals surface area contributed by atoms with E-state index in [9.17, 15) is 5.11 Å². The van der Waals surface area contributed by atoms with E-state index in [4.69, 9.17) is 4.52 Å². The van der Waals surface area contributed by atoms with Crippen LogP contribution >= 0.6 is 0 Å². The Morgan fingerprint density at radius 1 is 1.42 bits per heavy atom. The molecule has 0 bridgehead atoms. The number of aromatic nitrogens is 4. The SMILES string of the molecule is CCc1noc(Cn2cc(CO)c3cccnc32)n1. The van der Waals surface area contributed by atoms with E-state index in [2.05, 4.69) is 15.1 Å². The van der Waals surface area contributed by atoms with Crippen LogP contribution in [-0.2, 0) is 19.6 Å². The molecule has 0 aliphatic heterocycles. The summed E-state index contributed by atoms with van der Waals surface area (Å²) in [5.74, 6) is 1.24. The van der Waals surface area contributed by atoms with Crippen LogP contribution < -0.4 is 0 Å². The molecule has 0 aliphatic rings. The van der Waals surface area contributed by atoms with Crippen LogP contribution in [0.15, 0.2) is 29.0 Å². The molecule has 0 aromatic carbocycles. The molecule has 3 heterocycles. The third-order valence-electron chi connectivity index (χ3n) is 3.02. The summed E-state index contributed by atoms with van der Waals surface area (Å²) in [6.45, 7) is 2.42. The second kappa shape index (κ2) is 4.81. The molecule has 0 spiro atoms. The van der Waals surface area contributed by atoms with Gasteiger partial charge in [0.1, 0.15) is 12.2 Å². The normalized spacial score (nSPS) is 11.3. The fourth-order valence-electron chi connectivity index (χ4n) is 2.09. The summed E-state index contributed by atoms with van der Waals surface area (Å²) in [5.41, 5.74) is 1.65. The van der Waals surface area contributed by atoms with Gasteiger partial charge in [0.15, 0.2) is 5.82 Å². The monoisotopic (exact) mass is 258 g/mol. The van der Waals surface area contributed by atoms with E-state index in [1.807, 2.05) is 29.8 Å². The van der Waals surface area contributed by atoms with E-state index < -0.39 is 0 Å². The van der Waals surface area contributed by atoms with Crippen LogP contribution in [-0.4, -0.2) is 24.8 Å². The number of aliphatic hydroxyl groups excluding tert-OH is 1. The largest absolute Gasteiger partial charge is 0.392 e. The Balaban J connectivity index is 2.00. The Kier molecular flexibility index (Phi) is 3.00. The number of fused-ring (bicyclic) bond motifs is 1. The van der Waals surface area contributed by atoms with Gasteiger partial charge in [0.05, 0.1) is 6.61 Å². The van der Waals surface area contributed by atoms with Crippen molar-refractivity contribution in [2.75, 3.05) is 0 Å². The third-order valence-corrected chi connectivity index (χ3v) is 3.02. The highest BCUT2D eigenvalue weighted by atomic mass is 16.5. The maximum absolute atomic E-state index is 9.36. The fourth-order valence-corrected chi connectivity index (χ4v) is 2.09. The van der Waals surface area contributed by atoms with Gasteiger partial charge in [0.25, 0.3) is 0 Å². The number of hydrogen-bond acceptors (Lipinski definition) is 5. The molecule has 1 N–H and O–H groups in total. The van der Waals surface area contributed by atoms with Crippen molar-refractivity contribution in [2.45, 2.75) is 26.5 Å². The molecule has 6 nitrogen and oxygen atoms in total. The van der Waals surface area contributed by atoms with Crippen LogP contribution in [0.2, 0.25) is 0 Å². The molecule has 3 aromatic heterocycles. The molecule has 0 saturated carbocycles. The fraction of sp³-hybridized carbons (Fsp3) is 0.308. The number of pyridine rings is 1. The van der Waals surface area contributed by atoms with Crippen molar-refractivity contribution < 1.29 is 9.63 Å². The van der Waals surface area contributed by atoms with Gasteiger partial charge in [-0.25, -0.2) is 4.98 Å². The lowest BCUT2D eigenvalue weighted by atomic mass is 10.2. The average molecular weight is 258 g/mol. The van der Waals surface area contributed by atoms with Gasteiger partial charge in [-0.1, -0.05) is 12.1 Å². The molecule has 0 fully saturated rings. The maximum Gasteiger partial charge on any atom is 0.246 e. The highest BCUT2D eigenvalue weighted by molar-refractivity contribution is 5.80. The zero-order valence-corrected chi connectivity index (χ0v) is 10.6. The van der Waals surface area contributed by atoms with Crippen molar-refractivity contribution in [1.29, 1.82) is 0 Å². The van der Waals surface area contributed by atoms with Crippen LogP contribution in [0.1, 0.15) is 24.2 Å². The zero-order valence-electron chi connectivity index (χ0n) is 10.6. The van der Waals surface area contributed by atoms with E-state index in [1.165, 1.54) is 0 Å². The van der Waals surface area contributed by atoms with Crippen molar-refractivity contribution in [1.82, 2.24) is 19.7 Å². The lowest BCUT2D eigenvalue weighted by molar-refractivity contribution is 0.283. The van der Waals surface area contributed by atoms with Gasteiger partial charge in [0, 0.05) is 29.8 Å². The van der Waals surface area contributed by atoms with Crippen LogP contribution in [0.25, 0.3) is 11.0 Å². The molecule has 19 heavy (non-hydrogen) atoms. The Bertz CT molecular complexity index is 702. The standard InChI is InChI=1S/C13H14N4O2/c1-2-11-15-12(19-16-11)7-17-6-9(8-18)10-4-3-5-14-13(10)17/h3-6,18H,2,7-8H2,1H3. The highest BCUT2D eigenvalue weighted by Crippen LogP contribution is 2.20. The topological polar surface area (TPSA) is 77.0 Å². The predicted molar refractivity (Wildman–Crippen MR) is 68.4 cm³/mol. The van der Waals surface area contributed by atoms with E-state index in [-0.39, 0.29) is 6.61 Å². The maximum atomic E-state index is 9.36. The van der Waals surface area contributed by atoms with Gasteiger partial charge in [-0.3, -0.25) is 0 Å². The van der Waals surface area contributed by atoms with Crippen molar-refractivity contribution in [3.8, 4) is 0 Å². The molecule has 3 aromatic rings. The predicted octanol–water partition coefficient (Wildman–Crippen LogP) is 1.52. The van der Waals surface area contributed by atoms with Crippen LogP contribution in [0, 0.1) is 0 Å². The number of aliphatic hydroxyl groups is 1. The first-order valence-electron chi connectivity index (χ1n) is 6.17. The summed E-state index contributed by atoms with van der Waals surface area (Å²) in [4.78, 5) is 8.61.